The van der Waals surface area contributed by atoms with Crippen LogP contribution < -0.4 is 10.6 Å². The lowest BCUT2D eigenvalue weighted by molar-refractivity contribution is 0.0945. The van der Waals surface area contributed by atoms with Gasteiger partial charge in [0, 0.05) is 37.7 Å². The molecule has 4 heterocycles. The minimum Gasteiger partial charge on any atom is -0.448 e. The van der Waals surface area contributed by atoms with E-state index < -0.39 is 11.7 Å². The van der Waals surface area contributed by atoms with Crippen LogP contribution in [0.3, 0.4) is 0 Å². The molecule has 0 atom stereocenters. The Labute approximate surface area is 234 Å². The van der Waals surface area contributed by atoms with Gasteiger partial charge in [-0.05, 0) is 47.5 Å². The highest BCUT2D eigenvalue weighted by Crippen LogP contribution is 2.27. The van der Waals surface area contributed by atoms with Crippen molar-refractivity contribution in [2.24, 2.45) is 0 Å². The fourth-order valence-corrected chi connectivity index (χ4v) is 4.41. The predicted molar refractivity (Wildman–Crippen MR) is 149 cm³/mol. The number of oxazole rings is 2. The Hall–Kier alpha value is -5.16. The van der Waals surface area contributed by atoms with Gasteiger partial charge in [0.2, 0.25) is 5.89 Å². The van der Waals surface area contributed by atoms with Crippen molar-refractivity contribution in [1.82, 2.24) is 35.6 Å². The lowest BCUT2D eigenvalue weighted by atomic mass is 10.0. The molecule has 0 spiro atoms. The molecule has 11 heteroatoms. The van der Waals surface area contributed by atoms with E-state index >= 15 is 0 Å². The summed E-state index contributed by atoms with van der Waals surface area (Å²) in [4.78, 5) is 32.8. The molecular formula is C30H26FN7O3. The van der Waals surface area contributed by atoms with Gasteiger partial charge in [-0.1, -0.05) is 18.2 Å². The molecule has 3 N–H and O–H groups in total. The largest absolute Gasteiger partial charge is 0.448 e. The zero-order valence-corrected chi connectivity index (χ0v) is 21.9. The molecule has 6 rings (SSSR count). The number of nitrogens with zero attached hydrogens (tertiary/aromatic N) is 4. The number of nitrogens with one attached hydrogen (secondary N) is 3. The van der Waals surface area contributed by atoms with Gasteiger partial charge in [-0.15, -0.1) is 0 Å². The van der Waals surface area contributed by atoms with E-state index in [0.717, 1.165) is 33.5 Å². The number of carbonyl (C=O) groups excluding carboxylic acids is 1. The number of halogens is 1. The third kappa shape index (κ3) is 6.20. The molecule has 0 aliphatic carbocycles. The Morgan fingerprint density at radius 3 is 2.66 bits per heavy atom. The van der Waals surface area contributed by atoms with Gasteiger partial charge in [-0.3, -0.25) is 9.78 Å². The van der Waals surface area contributed by atoms with E-state index in [1.165, 1.54) is 24.6 Å². The van der Waals surface area contributed by atoms with Crippen molar-refractivity contribution < 1.29 is 18.0 Å². The zero-order chi connectivity index (χ0) is 28.0. The second kappa shape index (κ2) is 11.9. The van der Waals surface area contributed by atoms with Crippen molar-refractivity contribution in [2.45, 2.75) is 19.4 Å². The third-order valence-electron chi connectivity index (χ3n) is 6.50. The Morgan fingerprint density at radius 2 is 1.78 bits per heavy atom. The molecule has 0 aliphatic rings. The van der Waals surface area contributed by atoms with Crippen LogP contribution in [0.5, 0.6) is 0 Å². The molecule has 0 saturated carbocycles. The van der Waals surface area contributed by atoms with Crippen molar-refractivity contribution >= 4 is 16.9 Å². The average Bonchev–Trinajstić information content (AvgIpc) is 3.77. The second-order valence-corrected chi connectivity index (χ2v) is 9.32. The summed E-state index contributed by atoms with van der Waals surface area (Å²) in [6, 6.07) is 17.0. The third-order valence-corrected chi connectivity index (χ3v) is 6.50. The van der Waals surface area contributed by atoms with Crippen molar-refractivity contribution in [3.8, 4) is 22.6 Å². The molecule has 0 bridgehead atoms. The lowest BCUT2D eigenvalue weighted by Gasteiger charge is -2.03. The summed E-state index contributed by atoms with van der Waals surface area (Å²) in [5.74, 6) is 0.990. The van der Waals surface area contributed by atoms with E-state index in [2.05, 4.69) is 54.8 Å². The van der Waals surface area contributed by atoms with Gasteiger partial charge in [0.25, 0.3) is 5.91 Å². The highest BCUT2D eigenvalue weighted by atomic mass is 19.1. The standard InChI is InChI=1S/C30H26FN7O3/c31-22-5-2-10-33-25(22)17-35-29(39)26-18-41-28(38-26)9-12-32-11-8-27-36-23-7-6-20(16-24(23)37-27)19-3-1-4-21(15-19)30-34-13-14-40-30/h1-7,10,13-16,18,32H,8-9,11-12,17H2,(H,35,39)(H,36,37). The van der Waals surface area contributed by atoms with Crippen LogP contribution in [0.1, 0.15) is 27.9 Å². The number of carbonyl (C=O) groups is 1. The predicted octanol–water partition coefficient (Wildman–Crippen LogP) is 4.71. The Balaban J connectivity index is 0.978. The number of amides is 1. The molecule has 206 valence electrons. The van der Waals surface area contributed by atoms with Crippen LogP contribution in [-0.2, 0) is 19.4 Å². The van der Waals surface area contributed by atoms with Gasteiger partial charge in [0.1, 0.15) is 24.2 Å². The van der Waals surface area contributed by atoms with Gasteiger partial charge < -0.3 is 24.5 Å². The van der Waals surface area contributed by atoms with E-state index in [4.69, 9.17) is 13.8 Å². The van der Waals surface area contributed by atoms with Gasteiger partial charge in [0.05, 0.1) is 29.5 Å². The van der Waals surface area contributed by atoms with E-state index in [-0.39, 0.29) is 17.9 Å². The molecule has 4 aromatic heterocycles. The summed E-state index contributed by atoms with van der Waals surface area (Å²) >= 11 is 0. The molecule has 6 aromatic rings. The quantitative estimate of drug-likeness (QED) is 0.197. The van der Waals surface area contributed by atoms with Crippen LogP contribution in [-0.4, -0.2) is 43.9 Å². The number of H-pyrrole nitrogens is 1. The first-order chi connectivity index (χ1) is 20.1. The number of imidazole rings is 1. The van der Waals surface area contributed by atoms with E-state index in [1.807, 2.05) is 18.2 Å². The number of rotatable bonds is 11. The maximum absolute atomic E-state index is 13.7. The fourth-order valence-electron chi connectivity index (χ4n) is 4.41. The van der Waals surface area contributed by atoms with Crippen LogP contribution in [0.4, 0.5) is 4.39 Å². The van der Waals surface area contributed by atoms with Crippen molar-refractivity contribution in [3.05, 3.63) is 108 Å². The van der Waals surface area contributed by atoms with Crippen LogP contribution in [0.2, 0.25) is 0 Å². The Kier molecular flexibility index (Phi) is 7.59. The summed E-state index contributed by atoms with van der Waals surface area (Å²) in [7, 11) is 0. The maximum atomic E-state index is 13.7. The number of aromatic nitrogens is 5. The second-order valence-electron chi connectivity index (χ2n) is 9.32. The van der Waals surface area contributed by atoms with Gasteiger partial charge in [-0.25, -0.2) is 19.3 Å². The minimum atomic E-state index is -0.475. The molecule has 2 aromatic carbocycles. The van der Waals surface area contributed by atoms with Gasteiger partial charge in [-0.2, -0.15) is 0 Å². The first kappa shape index (κ1) is 26.1. The molecule has 41 heavy (non-hydrogen) atoms. The molecule has 0 unspecified atom stereocenters. The van der Waals surface area contributed by atoms with Crippen LogP contribution in [0, 0.1) is 5.82 Å². The monoisotopic (exact) mass is 551 g/mol. The van der Waals surface area contributed by atoms with Crippen molar-refractivity contribution in [1.29, 1.82) is 0 Å². The number of pyridine rings is 1. The smallest absolute Gasteiger partial charge is 0.273 e. The van der Waals surface area contributed by atoms with E-state index in [0.29, 0.717) is 37.7 Å². The normalized spacial score (nSPS) is 11.2. The summed E-state index contributed by atoms with van der Waals surface area (Å²) < 4.78 is 24.5. The Bertz CT molecular complexity index is 1780. The van der Waals surface area contributed by atoms with Gasteiger partial charge >= 0.3 is 0 Å². The molecule has 0 radical (unpaired) electrons. The molecule has 0 fully saturated rings. The van der Waals surface area contributed by atoms with Gasteiger partial charge in [0.15, 0.2) is 11.6 Å². The summed E-state index contributed by atoms with van der Waals surface area (Å²) in [6.45, 7) is 1.29. The Morgan fingerprint density at radius 1 is 0.902 bits per heavy atom. The van der Waals surface area contributed by atoms with E-state index in [9.17, 15) is 9.18 Å². The molecule has 10 nitrogen and oxygen atoms in total. The topological polar surface area (TPSA) is 135 Å². The van der Waals surface area contributed by atoms with Crippen LogP contribution in [0.25, 0.3) is 33.6 Å². The lowest BCUT2D eigenvalue weighted by Crippen LogP contribution is -2.24. The van der Waals surface area contributed by atoms with Crippen LogP contribution in [0.15, 0.2) is 88.4 Å². The summed E-state index contributed by atoms with van der Waals surface area (Å²) in [5, 5.41) is 5.95. The minimum absolute atomic E-state index is 0.0327. The molecule has 0 aliphatic heterocycles. The number of hydrogen-bond donors (Lipinski definition) is 3. The number of aromatic amines is 1. The first-order valence-corrected chi connectivity index (χ1v) is 13.1. The maximum Gasteiger partial charge on any atom is 0.273 e. The average molecular weight is 552 g/mol. The first-order valence-electron chi connectivity index (χ1n) is 13.1. The summed E-state index contributed by atoms with van der Waals surface area (Å²) in [6.07, 6.45) is 7.20. The summed E-state index contributed by atoms with van der Waals surface area (Å²) in [5.41, 5.74) is 5.21. The van der Waals surface area contributed by atoms with Crippen LogP contribution >= 0.6 is 0 Å². The van der Waals surface area contributed by atoms with Crippen molar-refractivity contribution in [3.63, 3.8) is 0 Å². The SMILES string of the molecule is O=C(NCc1ncccc1F)c1coc(CCNCCc2nc3cc(-c4cccc(-c5ncco5)c4)ccc3[nH]2)n1. The molecule has 1 amide bonds. The molecular weight excluding hydrogens is 525 g/mol. The highest BCUT2D eigenvalue weighted by Gasteiger charge is 2.13. The fraction of sp³-hybridized carbons (Fsp3) is 0.167. The number of fused-ring (bicyclic) bond motifs is 1. The van der Waals surface area contributed by atoms with E-state index in [1.54, 1.807) is 12.5 Å². The molecule has 0 saturated heterocycles. The zero-order valence-electron chi connectivity index (χ0n) is 21.9. The van der Waals surface area contributed by atoms with Crippen molar-refractivity contribution in [2.75, 3.05) is 13.1 Å². The number of hydrogen-bond acceptors (Lipinski definition) is 8. The number of benzene rings is 2. The highest BCUT2D eigenvalue weighted by molar-refractivity contribution is 5.91.